The van der Waals surface area contributed by atoms with Crippen molar-refractivity contribution in [1.82, 2.24) is 5.32 Å². The van der Waals surface area contributed by atoms with Gasteiger partial charge in [0.2, 0.25) is 0 Å². The topological polar surface area (TPSA) is 38.3 Å². The summed E-state index contributed by atoms with van der Waals surface area (Å²) in [5, 5.41) is 3.34. The second-order valence-electron chi connectivity index (χ2n) is 5.36. The van der Waals surface area contributed by atoms with Gasteiger partial charge in [-0.15, -0.1) is 0 Å². The molecule has 0 aromatic heterocycles. The quantitative estimate of drug-likeness (QED) is 0.749. The van der Waals surface area contributed by atoms with Gasteiger partial charge in [-0.3, -0.25) is 4.79 Å². The van der Waals surface area contributed by atoms with E-state index in [2.05, 4.69) is 19.2 Å². The number of carbonyl (C=O) groups is 1. The van der Waals surface area contributed by atoms with E-state index in [-0.39, 0.29) is 11.5 Å². The van der Waals surface area contributed by atoms with Gasteiger partial charge in [0, 0.05) is 5.54 Å². The second kappa shape index (κ2) is 5.67. The highest BCUT2D eigenvalue weighted by Crippen LogP contribution is 2.37. The largest absolute Gasteiger partial charge is 0.469 e. The third kappa shape index (κ3) is 3.21. The van der Waals surface area contributed by atoms with Gasteiger partial charge >= 0.3 is 5.97 Å². The van der Waals surface area contributed by atoms with Crippen LogP contribution in [0, 0.1) is 11.8 Å². The van der Waals surface area contributed by atoms with E-state index in [1.807, 2.05) is 7.05 Å². The van der Waals surface area contributed by atoms with Gasteiger partial charge in [0.1, 0.15) is 0 Å². The van der Waals surface area contributed by atoms with E-state index in [1.54, 1.807) is 0 Å². The minimum Gasteiger partial charge on any atom is -0.469 e. The fraction of sp³-hybridized carbons (Fsp3) is 0.923. The molecule has 1 fully saturated rings. The van der Waals surface area contributed by atoms with Crippen molar-refractivity contribution < 1.29 is 9.53 Å². The molecule has 0 aromatic rings. The minimum atomic E-state index is -0.0997. The molecular formula is C13H25NO2. The van der Waals surface area contributed by atoms with Crippen molar-refractivity contribution in [3.05, 3.63) is 0 Å². The lowest BCUT2D eigenvalue weighted by atomic mass is 9.71. The van der Waals surface area contributed by atoms with Crippen LogP contribution < -0.4 is 5.32 Å². The molecular weight excluding hydrogens is 202 g/mol. The van der Waals surface area contributed by atoms with Gasteiger partial charge in [-0.25, -0.2) is 0 Å². The lowest BCUT2D eigenvalue weighted by molar-refractivity contribution is -0.142. The van der Waals surface area contributed by atoms with Gasteiger partial charge in [-0.1, -0.05) is 13.8 Å². The van der Waals surface area contributed by atoms with Gasteiger partial charge < -0.3 is 10.1 Å². The predicted octanol–water partition coefficient (Wildman–Crippen LogP) is 2.35. The Labute approximate surface area is 98.9 Å². The smallest absolute Gasteiger partial charge is 0.307 e. The molecule has 3 heteroatoms. The van der Waals surface area contributed by atoms with E-state index in [0.717, 1.165) is 24.7 Å². The summed E-state index contributed by atoms with van der Waals surface area (Å²) < 4.78 is 4.78. The van der Waals surface area contributed by atoms with Crippen LogP contribution in [0.3, 0.4) is 0 Å². The van der Waals surface area contributed by atoms with Crippen LogP contribution in [0.5, 0.6) is 0 Å². The Morgan fingerprint density at radius 3 is 2.38 bits per heavy atom. The molecule has 1 aliphatic rings. The van der Waals surface area contributed by atoms with Crippen molar-refractivity contribution in [2.75, 3.05) is 14.2 Å². The Kier molecular flexibility index (Phi) is 4.78. The fourth-order valence-corrected chi connectivity index (χ4v) is 2.72. The summed E-state index contributed by atoms with van der Waals surface area (Å²) in [5.41, 5.74) is -0.0154. The van der Waals surface area contributed by atoms with Crippen LogP contribution in [0.4, 0.5) is 0 Å². The SMILES string of the molecule is CNC1(CC(=O)OC)CCC(C(C)C)CC1. The van der Waals surface area contributed by atoms with Gasteiger partial charge in [0.05, 0.1) is 13.5 Å². The molecule has 0 aliphatic heterocycles. The predicted molar refractivity (Wildman–Crippen MR) is 65.2 cm³/mol. The van der Waals surface area contributed by atoms with Crippen molar-refractivity contribution in [3.8, 4) is 0 Å². The highest BCUT2D eigenvalue weighted by molar-refractivity contribution is 5.70. The Balaban J connectivity index is 2.54. The molecule has 16 heavy (non-hydrogen) atoms. The number of nitrogens with one attached hydrogen (secondary N) is 1. The van der Waals surface area contributed by atoms with Crippen LogP contribution in [-0.4, -0.2) is 25.7 Å². The molecule has 94 valence electrons. The highest BCUT2D eigenvalue weighted by Gasteiger charge is 2.36. The normalized spacial score (nSPS) is 30.4. The van der Waals surface area contributed by atoms with E-state index in [0.29, 0.717) is 6.42 Å². The first kappa shape index (κ1) is 13.5. The summed E-state index contributed by atoms with van der Waals surface area (Å²) in [7, 11) is 3.42. The summed E-state index contributed by atoms with van der Waals surface area (Å²) in [6.07, 6.45) is 5.11. The van der Waals surface area contributed by atoms with Crippen LogP contribution in [0.1, 0.15) is 46.0 Å². The van der Waals surface area contributed by atoms with Crippen LogP contribution in [0.15, 0.2) is 0 Å². The van der Waals surface area contributed by atoms with Crippen molar-refractivity contribution in [1.29, 1.82) is 0 Å². The van der Waals surface area contributed by atoms with Crippen LogP contribution in [0.25, 0.3) is 0 Å². The van der Waals surface area contributed by atoms with E-state index in [4.69, 9.17) is 4.74 Å². The Morgan fingerprint density at radius 2 is 2.00 bits per heavy atom. The lowest BCUT2D eigenvalue weighted by Gasteiger charge is -2.40. The number of ether oxygens (including phenoxy) is 1. The third-order valence-electron chi connectivity index (χ3n) is 4.17. The molecule has 0 amide bonds. The molecule has 0 saturated heterocycles. The summed E-state index contributed by atoms with van der Waals surface area (Å²) in [4.78, 5) is 11.4. The van der Waals surface area contributed by atoms with Gasteiger partial charge in [0.25, 0.3) is 0 Å². The molecule has 0 radical (unpaired) electrons. The number of carbonyl (C=O) groups excluding carboxylic acids is 1. The molecule has 0 atom stereocenters. The highest BCUT2D eigenvalue weighted by atomic mass is 16.5. The summed E-state index contributed by atoms with van der Waals surface area (Å²) >= 11 is 0. The zero-order chi connectivity index (χ0) is 12.2. The second-order valence-corrected chi connectivity index (χ2v) is 5.36. The number of hydrogen-bond acceptors (Lipinski definition) is 3. The Morgan fingerprint density at radius 1 is 1.44 bits per heavy atom. The molecule has 1 saturated carbocycles. The number of methoxy groups -OCH3 is 1. The Bertz CT molecular complexity index is 230. The van der Waals surface area contributed by atoms with Gasteiger partial charge in [-0.05, 0) is 44.6 Å². The average Bonchev–Trinajstić information content (AvgIpc) is 2.29. The zero-order valence-electron chi connectivity index (χ0n) is 11.0. The zero-order valence-corrected chi connectivity index (χ0v) is 11.0. The van der Waals surface area contributed by atoms with Crippen LogP contribution >= 0.6 is 0 Å². The number of esters is 1. The maximum Gasteiger partial charge on any atom is 0.307 e. The lowest BCUT2D eigenvalue weighted by Crippen LogP contribution is -2.48. The maximum absolute atomic E-state index is 11.4. The van der Waals surface area contributed by atoms with Crippen molar-refractivity contribution in [2.45, 2.75) is 51.5 Å². The molecule has 0 heterocycles. The summed E-state index contributed by atoms with van der Waals surface area (Å²) in [6, 6.07) is 0. The number of rotatable bonds is 4. The molecule has 0 spiro atoms. The molecule has 0 aromatic carbocycles. The van der Waals surface area contributed by atoms with Crippen molar-refractivity contribution in [3.63, 3.8) is 0 Å². The van der Waals surface area contributed by atoms with E-state index < -0.39 is 0 Å². The molecule has 0 bridgehead atoms. The molecule has 3 nitrogen and oxygen atoms in total. The molecule has 1 aliphatic carbocycles. The standard InChI is InChI=1S/C13H25NO2/c1-10(2)11-5-7-13(14-3,8-6-11)9-12(15)16-4/h10-11,14H,5-9H2,1-4H3. The molecule has 0 unspecified atom stereocenters. The number of hydrogen-bond donors (Lipinski definition) is 1. The maximum atomic E-state index is 11.4. The fourth-order valence-electron chi connectivity index (χ4n) is 2.72. The summed E-state index contributed by atoms with van der Waals surface area (Å²) in [5.74, 6) is 1.48. The molecule has 1 rings (SSSR count). The molecule has 1 N–H and O–H groups in total. The first-order valence-corrected chi connectivity index (χ1v) is 6.29. The van der Waals surface area contributed by atoms with Crippen molar-refractivity contribution >= 4 is 5.97 Å². The van der Waals surface area contributed by atoms with Crippen LogP contribution in [-0.2, 0) is 9.53 Å². The van der Waals surface area contributed by atoms with Crippen molar-refractivity contribution in [2.24, 2.45) is 11.8 Å². The minimum absolute atomic E-state index is 0.0154. The Hall–Kier alpha value is -0.570. The van der Waals surface area contributed by atoms with Gasteiger partial charge in [0.15, 0.2) is 0 Å². The average molecular weight is 227 g/mol. The van der Waals surface area contributed by atoms with Crippen LogP contribution in [0.2, 0.25) is 0 Å². The summed E-state index contributed by atoms with van der Waals surface area (Å²) in [6.45, 7) is 4.58. The first-order valence-electron chi connectivity index (χ1n) is 6.29. The van der Waals surface area contributed by atoms with E-state index in [1.165, 1.54) is 20.0 Å². The third-order valence-corrected chi connectivity index (χ3v) is 4.17. The van der Waals surface area contributed by atoms with E-state index in [9.17, 15) is 4.79 Å². The first-order chi connectivity index (χ1) is 7.53. The van der Waals surface area contributed by atoms with E-state index >= 15 is 0 Å². The van der Waals surface area contributed by atoms with Gasteiger partial charge in [-0.2, -0.15) is 0 Å². The monoisotopic (exact) mass is 227 g/mol.